The lowest BCUT2D eigenvalue weighted by Gasteiger charge is -2.06. The standard InChI is InChI=1S/C12H20FN/c1-5-7-10(9(3)4)8-11(13)12(14)6-2/h5,7-9H,6,14H2,1-4H3/b7-5-,10-8+,12-11+. The van der Waals surface area contributed by atoms with Crippen LogP contribution in [0.4, 0.5) is 4.39 Å². The molecule has 80 valence electrons. The molecule has 0 radical (unpaired) electrons. The summed E-state index contributed by atoms with van der Waals surface area (Å²) in [5.74, 6) is -0.00379. The van der Waals surface area contributed by atoms with E-state index in [0.29, 0.717) is 18.0 Å². The SMILES string of the molecule is C\C=C/C(=C\C(F)=C(/N)CC)C(C)C. The molecular formula is C12H20FN. The van der Waals surface area contributed by atoms with Crippen LogP contribution in [-0.4, -0.2) is 0 Å². The summed E-state index contributed by atoms with van der Waals surface area (Å²) >= 11 is 0. The van der Waals surface area contributed by atoms with E-state index in [1.165, 1.54) is 6.08 Å². The topological polar surface area (TPSA) is 26.0 Å². The zero-order valence-electron chi connectivity index (χ0n) is 9.47. The van der Waals surface area contributed by atoms with E-state index < -0.39 is 0 Å². The van der Waals surface area contributed by atoms with E-state index in [0.717, 1.165) is 5.57 Å². The summed E-state index contributed by atoms with van der Waals surface area (Å²) in [4.78, 5) is 0. The summed E-state index contributed by atoms with van der Waals surface area (Å²) < 4.78 is 13.4. The van der Waals surface area contributed by atoms with Crippen LogP contribution < -0.4 is 5.73 Å². The third kappa shape index (κ3) is 4.26. The molecule has 0 bridgehead atoms. The van der Waals surface area contributed by atoms with E-state index in [4.69, 9.17) is 5.73 Å². The van der Waals surface area contributed by atoms with Crippen molar-refractivity contribution in [1.29, 1.82) is 0 Å². The maximum absolute atomic E-state index is 13.4. The van der Waals surface area contributed by atoms with Crippen LogP contribution in [0.5, 0.6) is 0 Å². The highest BCUT2D eigenvalue weighted by Gasteiger charge is 2.02. The van der Waals surface area contributed by atoms with Gasteiger partial charge in [-0.2, -0.15) is 0 Å². The van der Waals surface area contributed by atoms with Crippen LogP contribution in [0.3, 0.4) is 0 Å². The van der Waals surface area contributed by atoms with Gasteiger partial charge in [-0.3, -0.25) is 0 Å². The molecule has 0 aromatic rings. The lowest BCUT2D eigenvalue weighted by atomic mass is 10.0. The van der Waals surface area contributed by atoms with Crippen LogP contribution in [0.1, 0.15) is 34.1 Å². The van der Waals surface area contributed by atoms with Crippen LogP contribution in [-0.2, 0) is 0 Å². The number of rotatable bonds is 4. The number of halogens is 1. The normalized spacial score (nSPS) is 15.1. The van der Waals surface area contributed by atoms with E-state index in [2.05, 4.69) is 0 Å². The first-order chi connectivity index (χ1) is 6.52. The maximum atomic E-state index is 13.4. The first kappa shape index (κ1) is 12.9. The molecule has 0 aliphatic heterocycles. The van der Waals surface area contributed by atoms with Gasteiger partial charge >= 0.3 is 0 Å². The lowest BCUT2D eigenvalue weighted by Crippen LogP contribution is -1.98. The van der Waals surface area contributed by atoms with Gasteiger partial charge in [0, 0.05) is 5.70 Å². The quantitative estimate of drug-likeness (QED) is 0.683. The fourth-order valence-corrected chi connectivity index (χ4v) is 1.01. The smallest absolute Gasteiger partial charge is 0.142 e. The highest BCUT2D eigenvalue weighted by atomic mass is 19.1. The fraction of sp³-hybridized carbons (Fsp3) is 0.500. The van der Waals surface area contributed by atoms with Crippen molar-refractivity contribution in [3.8, 4) is 0 Å². The first-order valence-corrected chi connectivity index (χ1v) is 5.01. The van der Waals surface area contributed by atoms with Gasteiger partial charge in [0.25, 0.3) is 0 Å². The van der Waals surface area contributed by atoms with Crippen molar-refractivity contribution in [2.24, 2.45) is 11.7 Å². The zero-order chi connectivity index (χ0) is 11.1. The molecule has 0 aromatic carbocycles. The number of nitrogens with two attached hydrogens (primary N) is 1. The molecule has 0 rings (SSSR count). The minimum Gasteiger partial charge on any atom is -0.400 e. The predicted octanol–water partition coefficient (Wildman–Crippen LogP) is 3.69. The number of hydrogen-bond donors (Lipinski definition) is 1. The molecule has 0 unspecified atom stereocenters. The van der Waals surface area contributed by atoms with Gasteiger partial charge in [-0.1, -0.05) is 32.9 Å². The Morgan fingerprint density at radius 3 is 2.36 bits per heavy atom. The van der Waals surface area contributed by atoms with Gasteiger partial charge < -0.3 is 5.73 Å². The molecule has 0 fully saturated rings. The van der Waals surface area contributed by atoms with Crippen LogP contribution in [0.2, 0.25) is 0 Å². The van der Waals surface area contributed by atoms with Crippen molar-refractivity contribution < 1.29 is 4.39 Å². The largest absolute Gasteiger partial charge is 0.400 e. The van der Waals surface area contributed by atoms with E-state index in [1.807, 2.05) is 39.8 Å². The van der Waals surface area contributed by atoms with E-state index in [1.54, 1.807) is 0 Å². The Hall–Kier alpha value is -1.05. The second-order valence-electron chi connectivity index (χ2n) is 3.53. The van der Waals surface area contributed by atoms with Crippen LogP contribution in [0, 0.1) is 5.92 Å². The van der Waals surface area contributed by atoms with Gasteiger partial charge in [-0.25, -0.2) is 4.39 Å². The Labute approximate surface area is 86.2 Å². The van der Waals surface area contributed by atoms with Crippen molar-refractivity contribution in [2.75, 3.05) is 0 Å². The molecule has 0 saturated carbocycles. The molecule has 0 atom stereocenters. The molecular weight excluding hydrogens is 177 g/mol. The molecule has 0 aromatic heterocycles. The van der Waals surface area contributed by atoms with Gasteiger partial charge in [-0.05, 0) is 30.9 Å². The highest BCUT2D eigenvalue weighted by molar-refractivity contribution is 5.30. The second kappa shape index (κ2) is 6.41. The van der Waals surface area contributed by atoms with Crippen molar-refractivity contribution in [1.82, 2.24) is 0 Å². The Balaban J connectivity index is 4.92. The van der Waals surface area contributed by atoms with Crippen molar-refractivity contribution >= 4 is 0 Å². The molecule has 0 spiro atoms. The molecule has 0 heterocycles. The molecule has 0 saturated heterocycles. The van der Waals surface area contributed by atoms with Gasteiger partial charge in [-0.15, -0.1) is 0 Å². The Morgan fingerprint density at radius 2 is 2.00 bits per heavy atom. The minimum atomic E-state index is -0.311. The maximum Gasteiger partial charge on any atom is 0.142 e. The molecule has 0 aliphatic carbocycles. The molecule has 2 heteroatoms. The number of allylic oxidation sites excluding steroid dienone is 6. The summed E-state index contributed by atoms with van der Waals surface area (Å²) in [6, 6.07) is 0. The monoisotopic (exact) mass is 197 g/mol. The summed E-state index contributed by atoms with van der Waals surface area (Å²) in [7, 11) is 0. The molecule has 0 amide bonds. The summed E-state index contributed by atoms with van der Waals surface area (Å²) in [5.41, 5.74) is 6.77. The van der Waals surface area contributed by atoms with E-state index >= 15 is 0 Å². The fourth-order valence-electron chi connectivity index (χ4n) is 1.01. The van der Waals surface area contributed by atoms with Crippen molar-refractivity contribution in [3.05, 3.63) is 35.3 Å². The number of hydrogen-bond acceptors (Lipinski definition) is 1. The third-order valence-corrected chi connectivity index (χ3v) is 2.01. The Morgan fingerprint density at radius 1 is 1.43 bits per heavy atom. The average Bonchev–Trinajstić information content (AvgIpc) is 2.15. The van der Waals surface area contributed by atoms with Crippen molar-refractivity contribution in [3.63, 3.8) is 0 Å². The van der Waals surface area contributed by atoms with E-state index in [9.17, 15) is 4.39 Å². The third-order valence-electron chi connectivity index (χ3n) is 2.01. The Kier molecular flexibility index (Phi) is 5.93. The van der Waals surface area contributed by atoms with Gasteiger partial charge in [0.15, 0.2) is 0 Å². The van der Waals surface area contributed by atoms with Crippen LogP contribution in [0.15, 0.2) is 35.3 Å². The van der Waals surface area contributed by atoms with Gasteiger partial charge in [0.05, 0.1) is 0 Å². The minimum absolute atomic E-state index is 0.307. The lowest BCUT2D eigenvalue weighted by molar-refractivity contribution is 0.639. The zero-order valence-corrected chi connectivity index (χ0v) is 9.47. The summed E-state index contributed by atoms with van der Waals surface area (Å²) in [5, 5.41) is 0. The molecule has 0 aliphatic rings. The first-order valence-electron chi connectivity index (χ1n) is 5.01. The summed E-state index contributed by atoms with van der Waals surface area (Å²) in [6.07, 6.45) is 5.88. The molecule has 2 N–H and O–H groups in total. The summed E-state index contributed by atoms with van der Waals surface area (Å²) in [6.45, 7) is 7.82. The Bertz CT molecular complexity index is 259. The molecule has 1 nitrogen and oxygen atoms in total. The highest BCUT2D eigenvalue weighted by Crippen LogP contribution is 2.16. The van der Waals surface area contributed by atoms with E-state index in [-0.39, 0.29) is 5.83 Å². The second-order valence-corrected chi connectivity index (χ2v) is 3.53. The molecule has 14 heavy (non-hydrogen) atoms. The van der Waals surface area contributed by atoms with Crippen molar-refractivity contribution in [2.45, 2.75) is 34.1 Å². The van der Waals surface area contributed by atoms with Crippen LogP contribution >= 0.6 is 0 Å². The average molecular weight is 197 g/mol. The van der Waals surface area contributed by atoms with Gasteiger partial charge in [0.1, 0.15) is 5.83 Å². The van der Waals surface area contributed by atoms with Crippen LogP contribution in [0.25, 0.3) is 0 Å². The van der Waals surface area contributed by atoms with Gasteiger partial charge in [0.2, 0.25) is 0 Å². The predicted molar refractivity (Wildman–Crippen MR) is 60.3 cm³/mol.